The third-order valence-electron chi connectivity index (χ3n) is 4.42. The Labute approximate surface area is 192 Å². The second-order valence-corrected chi connectivity index (χ2v) is 8.39. The Morgan fingerprint density at radius 2 is 1.84 bits per heavy atom. The summed E-state index contributed by atoms with van der Waals surface area (Å²) in [5.74, 6) is -0.371. The number of nitro groups is 1. The molecule has 3 amide bonds. The minimum Gasteiger partial charge on any atom is -0.354 e. The van der Waals surface area contributed by atoms with Gasteiger partial charge in [-0.05, 0) is 29.8 Å². The Hall–Kier alpha value is -3.64. The third-order valence-corrected chi connectivity index (χ3v) is 5.43. The summed E-state index contributed by atoms with van der Waals surface area (Å²) in [5.41, 5.74) is 1.68. The maximum Gasteiger partial charge on any atom is 0.321 e. The fraction of sp³-hybridized carbons (Fsp3) is 0.200. The number of carbonyl (C=O) groups is 2. The quantitative estimate of drug-likeness (QED) is 0.214. The fourth-order valence-corrected chi connectivity index (χ4v) is 3.66. The molecule has 0 spiro atoms. The van der Waals surface area contributed by atoms with Crippen LogP contribution in [0.4, 0.5) is 15.6 Å². The lowest BCUT2D eigenvalue weighted by molar-refractivity contribution is -0.384. The number of carbonyl (C=O) groups excluding carboxylic acids is 2. The Balaban J connectivity index is 1.65. The number of amides is 3. The molecule has 0 radical (unpaired) electrons. The van der Waals surface area contributed by atoms with Crippen LogP contribution in [0.15, 0.2) is 54.6 Å². The lowest BCUT2D eigenvalue weighted by Crippen LogP contribution is -2.49. The summed E-state index contributed by atoms with van der Waals surface area (Å²) >= 11 is 6.02. The zero-order valence-corrected chi connectivity index (χ0v) is 18.4. The molecule has 1 heterocycles. The topological polar surface area (TPSA) is 142 Å². The minimum atomic E-state index is -0.904. The first-order valence-electron chi connectivity index (χ1n) is 9.58. The number of H-pyrrole nitrogens is 1. The predicted octanol–water partition coefficient (Wildman–Crippen LogP) is 3.20. The zero-order chi connectivity index (χ0) is 22.9. The number of nitrogens with one attached hydrogen (secondary N) is 4. The van der Waals surface area contributed by atoms with Gasteiger partial charge in [0.1, 0.15) is 6.04 Å². The molecule has 10 nitrogen and oxygen atoms in total. The lowest BCUT2D eigenvalue weighted by atomic mass is 10.0. The molecule has 32 heavy (non-hydrogen) atoms. The molecule has 3 aromatic rings. The fourth-order valence-electron chi connectivity index (χ4n) is 2.87. The van der Waals surface area contributed by atoms with Crippen molar-refractivity contribution in [2.24, 2.45) is 0 Å². The van der Waals surface area contributed by atoms with Crippen molar-refractivity contribution < 1.29 is 14.5 Å². The van der Waals surface area contributed by atoms with Crippen molar-refractivity contribution in [1.29, 1.82) is 0 Å². The minimum absolute atomic E-state index is 0.0527. The number of benzene rings is 2. The van der Waals surface area contributed by atoms with Gasteiger partial charge >= 0.3 is 6.03 Å². The second kappa shape index (κ2) is 11.1. The summed E-state index contributed by atoms with van der Waals surface area (Å²) in [5, 5.41) is 25.5. The molecule has 0 aliphatic heterocycles. The van der Waals surface area contributed by atoms with Crippen molar-refractivity contribution in [3.8, 4) is 0 Å². The van der Waals surface area contributed by atoms with Gasteiger partial charge in [0.25, 0.3) is 5.69 Å². The zero-order valence-electron chi connectivity index (χ0n) is 16.7. The molecule has 0 aliphatic carbocycles. The number of nitro benzene ring substituents is 1. The molecule has 0 saturated carbocycles. The van der Waals surface area contributed by atoms with Gasteiger partial charge in [-0.15, -0.1) is 5.10 Å². The van der Waals surface area contributed by atoms with Crippen LogP contribution in [-0.2, 0) is 17.6 Å². The number of hydrogen-bond donors (Lipinski definition) is 4. The van der Waals surface area contributed by atoms with Gasteiger partial charge in [0.05, 0.1) is 4.92 Å². The van der Waals surface area contributed by atoms with E-state index >= 15 is 0 Å². The van der Waals surface area contributed by atoms with Gasteiger partial charge in [-0.3, -0.25) is 25.3 Å². The average Bonchev–Trinajstić information content (AvgIpc) is 3.18. The van der Waals surface area contributed by atoms with Gasteiger partial charge in [-0.25, -0.2) is 4.79 Å². The van der Waals surface area contributed by atoms with Gasteiger partial charge in [0, 0.05) is 25.1 Å². The van der Waals surface area contributed by atoms with E-state index in [9.17, 15) is 19.7 Å². The molecular formula is C20H20N6O4S2. The monoisotopic (exact) mass is 472 g/mol. The predicted molar refractivity (Wildman–Crippen MR) is 123 cm³/mol. The van der Waals surface area contributed by atoms with Crippen LogP contribution in [0.1, 0.15) is 11.1 Å². The molecule has 166 valence electrons. The SMILES string of the molecule is O=C(Nc1n[nH]c(=S)s1)N[C@@H](Cc1ccc([N+](=O)[O-])cc1)C(=O)NCCc1ccccc1. The van der Waals surface area contributed by atoms with Gasteiger partial charge in [0.2, 0.25) is 11.0 Å². The summed E-state index contributed by atoms with van der Waals surface area (Å²) in [6.45, 7) is 0.393. The van der Waals surface area contributed by atoms with E-state index in [2.05, 4.69) is 26.1 Å². The molecule has 1 aromatic heterocycles. The Kier molecular flexibility index (Phi) is 8.00. The molecule has 0 aliphatic rings. The molecule has 2 aromatic carbocycles. The maximum absolute atomic E-state index is 12.8. The summed E-state index contributed by atoms with van der Waals surface area (Å²) in [6, 6.07) is 14.0. The van der Waals surface area contributed by atoms with E-state index in [0.29, 0.717) is 22.5 Å². The van der Waals surface area contributed by atoms with Gasteiger partial charge < -0.3 is 10.6 Å². The normalized spacial score (nSPS) is 11.4. The van der Waals surface area contributed by atoms with Crippen LogP contribution in [0.5, 0.6) is 0 Å². The summed E-state index contributed by atoms with van der Waals surface area (Å²) in [4.78, 5) is 35.6. The van der Waals surface area contributed by atoms with Crippen molar-refractivity contribution in [2.75, 3.05) is 11.9 Å². The largest absolute Gasteiger partial charge is 0.354 e. The first-order valence-corrected chi connectivity index (χ1v) is 10.8. The molecule has 12 heteroatoms. The first kappa shape index (κ1) is 23.0. The number of hydrogen-bond acceptors (Lipinski definition) is 7. The highest BCUT2D eigenvalue weighted by Crippen LogP contribution is 2.14. The van der Waals surface area contributed by atoms with Crippen LogP contribution in [0.25, 0.3) is 0 Å². The summed E-state index contributed by atoms with van der Waals surface area (Å²) < 4.78 is 0.404. The van der Waals surface area contributed by atoms with E-state index in [1.807, 2.05) is 30.3 Å². The number of aromatic amines is 1. The highest BCUT2D eigenvalue weighted by atomic mass is 32.1. The smallest absolute Gasteiger partial charge is 0.321 e. The van der Waals surface area contributed by atoms with Crippen LogP contribution < -0.4 is 16.0 Å². The van der Waals surface area contributed by atoms with Gasteiger partial charge in [-0.2, -0.15) is 0 Å². The van der Waals surface area contributed by atoms with Crippen molar-refractivity contribution in [2.45, 2.75) is 18.9 Å². The van der Waals surface area contributed by atoms with Crippen molar-refractivity contribution in [1.82, 2.24) is 20.8 Å². The molecule has 1 atom stereocenters. The van der Waals surface area contributed by atoms with Crippen LogP contribution >= 0.6 is 23.6 Å². The molecule has 0 bridgehead atoms. The van der Waals surface area contributed by atoms with Crippen molar-refractivity contribution in [3.05, 3.63) is 79.8 Å². The third kappa shape index (κ3) is 6.96. The molecular weight excluding hydrogens is 452 g/mol. The van der Waals surface area contributed by atoms with Crippen molar-refractivity contribution in [3.63, 3.8) is 0 Å². The first-order chi connectivity index (χ1) is 15.4. The highest BCUT2D eigenvalue weighted by Gasteiger charge is 2.22. The van der Waals surface area contributed by atoms with Crippen LogP contribution in [0, 0.1) is 14.1 Å². The number of non-ortho nitro benzene ring substituents is 1. The van der Waals surface area contributed by atoms with E-state index < -0.39 is 17.0 Å². The molecule has 0 unspecified atom stereocenters. The number of aromatic nitrogens is 2. The highest BCUT2D eigenvalue weighted by molar-refractivity contribution is 7.73. The molecule has 0 fully saturated rings. The van der Waals surface area contributed by atoms with Crippen LogP contribution in [0.3, 0.4) is 0 Å². The van der Waals surface area contributed by atoms with E-state index in [1.165, 1.54) is 12.1 Å². The maximum atomic E-state index is 12.8. The molecule has 4 N–H and O–H groups in total. The molecule has 0 saturated heterocycles. The summed E-state index contributed by atoms with van der Waals surface area (Å²) in [6.07, 6.45) is 0.790. The van der Waals surface area contributed by atoms with E-state index in [4.69, 9.17) is 12.2 Å². The van der Waals surface area contributed by atoms with Crippen molar-refractivity contribution >= 4 is 46.3 Å². The Bertz CT molecular complexity index is 1130. The van der Waals surface area contributed by atoms with E-state index in [0.717, 1.165) is 16.9 Å². The van der Waals surface area contributed by atoms with Crippen LogP contribution in [0.2, 0.25) is 0 Å². The summed E-state index contributed by atoms with van der Waals surface area (Å²) in [7, 11) is 0. The second-order valence-electron chi connectivity index (χ2n) is 6.72. The van der Waals surface area contributed by atoms with E-state index in [1.54, 1.807) is 12.1 Å². The van der Waals surface area contributed by atoms with Gasteiger partial charge in [0.15, 0.2) is 3.95 Å². The lowest BCUT2D eigenvalue weighted by Gasteiger charge is -2.18. The Morgan fingerprint density at radius 1 is 1.12 bits per heavy atom. The van der Waals surface area contributed by atoms with Crippen LogP contribution in [-0.4, -0.2) is 39.6 Å². The van der Waals surface area contributed by atoms with E-state index in [-0.39, 0.29) is 23.1 Å². The average molecular weight is 473 g/mol. The van der Waals surface area contributed by atoms with Gasteiger partial charge in [-0.1, -0.05) is 53.8 Å². The standard InChI is InChI=1S/C20H20N6O4S2/c27-17(21-11-10-13-4-2-1-3-5-13)16(12-14-6-8-15(9-7-14)26(29)30)22-18(28)23-19-24-25-20(31)32-19/h1-9,16H,10-12H2,(H,21,27)(H,25,31)(H2,22,23,24,28)/t16-/m0/s1. The number of anilines is 1. The number of rotatable bonds is 9. The molecule has 3 rings (SSSR count). The number of nitrogens with zero attached hydrogens (tertiary/aromatic N) is 2. The Morgan fingerprint density at radius 3 is 2.47 bits per heavy atom. The number of urea groups is 1.